The lowest BCUT2D eigenvalue weighted by atomic mass is 9.85. The monoisotopic (exact) mass is 355 g/mol. The van der Waals surface area contributed by atoms with Crippen LogP contribution in [0.2, 0.25) is 0 Å². The molecule has 136 valence electrons. The summed E-state index contributed by atoms with van der Waals surface area (Å²) in [5, 5.41) is 8.70. The number of amides is 3. The molecule has 8 heteroatoms. The van der Waals surface area contributed by atoms with Crippen LogP contribution in [0.1, 0.15) is 40.6 Å². The van der Waals surface area contributed by atoms with E-state index in [0.29, 0.717) is 13.2 Å². The maximum atomic E-state index is 12.0. The Labute approximate surface area is 150 Å². The number of benzene rings is 1. The second kappa shape index (κ2) is 7.17. The van der Waals surface area contributed by atoms with Crippen LogP contribution in [-0.2, 0) is 11.3 Å². The van der Waals surface area contributed by atoms with Crippen LogP contribution >= 0.6 is 0 Å². The highest BCUT2D eigenvalue weighted by molar-refractivity contribution is 5.90. The largest absolute Gasteiger partial charge is 0.358 e. The third kappa shape index (κ3) is 3.41. The molecule has 3 amide bonds. The maximum Gasteiger partial charge on any atom is 0.317 e. The van der Waals surface area contributed by atoms with E-state index in [-0.39, 0.29) is 36.0 Å². The van der Waals surface area contributed by atoms with E-state index in [2.05, 4.69) is 25.9 Å². The number of fused-ring (bicyclic) bond motifs is 1. The van der Waals surface area contributed by atoms with Crippen LogP contribution in [0.4, 0.5) is 4.79 Å². The molecule has 4 rings (SSSR count). The predicted octanol–water partition coefficient (Wildman–Crippen LogP) is 1.45. The number of carbonyl (C=O) groups is 2. The topological polar surface area (TPSA) is 108 Å². The van der Waals surface area contributed by atoms with Crippen molar-refractivity contribution in [3.05, 3.63) is 53.6 Å². The van der Waals surface area contributed by atoms with Gasteiger partial charge in [0.1, 0.15) is 6.23 Å². The molecule has 2 saturated heterocycles. The minimum absolute atomic E-state index is 0.102. The molecule has 2 aliphatic rings. The van der Waals surface area contributed by atoms with Gasteiger partial charge >= 0.3 is 6.03 Å². The summed E-state index contributed by atoms with van der Waals surface area (Å²) in [6.07, 6.45) is 4.87. The zero-order valence-corrected chi connectivity index (χ0v) is 14.2. The normalized spacial score (nSPS) is 24.9. The zero-order chi connectivity index (χ0) is 17.9. The van der Waals surface area contributed by atoms with Gasteiger partial charge in [-0.1, -0.05) is 24.3 Å². The second-order valence-corrected chi connectivity index (χ2v) is 6.56. The molecule has 0 aliphatic carbocycles. The summed E-state index contributed by atoms with van der Waals surface area (Å²) in [5.74, 6) is 0.222. The number of carbonyl (C=O) groups excluding carboxylic acids is 2. The Morgan fingerprint density at radius 1 is 1.35 bits per heavy atom. The van der Waals surface area contributed by atoms with Crippen LogP contribution in [0.25, 0.3) is 0 Å². The summed E-state index contributed by atoms with van der Waals surface area (Å²) < 4.78 is 5.72. The van der Waals surface area contributed by atoms with Crippen molar-refractivity contribution in [3.8, 4) is 0 Å². The van der Waals surface area contributed by atoms with Crippen LogP contribution in [0.3, 0.4) is 0 Å². The molecule has 2 fully saturated rings. The molecule has 0 radical (unpaired) electrons. The van der Waals surface area contributed by atoms with Crippen LogP contribution in [0.5, 0.6) is 0 Å². The molecular weight excluding hydrogens is 334 g/mol. The second-order valence-electron chi connectivity index (χ2n) is 6.56. The number of nitrogens with zero attached hydrogens (tertiary/aromatic N) is 1. The SMILES string of the molecule is O=C1N[C@H]2OCCC[C@H]2[C@H](c2cccc(CNC(=O)c3ncc[nH]3)c2)N1. The van der Waals surface area contributed by atoms with Gasteiger partial charge < -0.3 is 25.7 Å². The number of H-pyrrole nitrogens is 1. The average molecular weight is 355 g/mol. The number of imidazole rings is 1. The number of hydrogen-bond acceptors (Lipinski definition) is 4. The van der Waals surface area contributed by atoms with Crippen molar-refractivity contribution in [1.82, 2.24) is 25.9 Å². The molecule has 26 heavy (non-hydrogen) atoms. The van der Waals surface area contributed by atoms with E-state index < -0.39 is 0 Å². The molecule has 8 nitrogen and oxygen atoms in total. The lowest BCUT2D eigenvalue weighted by Crippen LogP contribution is -2.58. The molecular formula is C18H21N5O3. The van der Waals surface area contributed by atoms with Crippen LogP contribution < -0.4 is 16.0 Å². The molecule has 0 saturated carbocycles. The van der Waals surface area contributed by atoms with Gasteiger partial charge in [0.05, 0.1) is 6.04 Å². The van der Waals surface area contributed by atoms with Gasteiger partial charge in [-0.2, -0.15) is 0 Å². The van der Waals surface area contributed by atoms with Gasteiger partial charge in [-0.3, -0.25) is 4.79 Å². The van der Waals surface area contributed by atoms with E-state index in [0.717, 1.165) is 24.0 Å². The van der Waals surface area contributed by atoms with Gasteiger partial charge in [-0.25, -0.2) is 9.78 Å². The van der Waals surface area contributed by atoms with E-state index in [1.807, 2.05) is 24.3 Å². The predicted molar refractivity (Wildman–Crippen MR) is 93.1 cm³/mol. The minimum Gasteiger partial charge on any atom is -0.358 e. The third-order valence-electron chi connectivity index (χ3n) is 4.83. The number of nitrogens with one attached hydrogen (secondary N) is 4. The Kier molecular flexibility index (Phi) is 4.57. The van der Waals surface area contributed by atoms with Gasteiger partial charge in [0.15, 0.2) is 5.82 Å². The average Bonchev–Trinajstić information content (AvgIpc) is 3.20. The molecule has 3 heterocycles. The summed E-state index contributed by atoms with van der Waals surface area (Å²) in [4.78, 5) is 30.7. The number of hydrogen-bond donors (Lipinski definition) is 4. The molecule has 0 unspecified atom stereocenters. The third-order valence-corrected chi connectivity index (χ3v) is 4.83. The summed E-state index contributed by atoms with van der Waals surface area (Å²) in [6.45, 7) is 1.06. The van der Waals surface area contributed by atoms with Crippen molar-refractivity contribution in [2.24, 2.45) is 5.92 Å². The standard InChI is InChI=1S/C18H21N5O3/c24-16(15-19-6-7-20-15)21-10-11-3-1-4-12(9-11)14-13-5-2-8-26-17(13)23-18(25)22-14/h1,3-4,6-7,9,13-14,17H,2,5,8,10H2,(H,19,20)(H,21,24)(H2,22,23,25)/t13-,14-,17-/m0/s1. The van der Waals surface area contributed by atoms with E-state index >= 15 is 0 Å². The smallest absolute Gasteiger partial charge is 0.317 e. The summed E-state index contributed by atoms with van der Waals surface area (Å²) in [7, 11) is 0. The first-order valence-electron chi connectivity index (χ1n) is 8.76. The fourth-order valence-electron chi connectivity index (χ4n) is 3.60. The lowest BCUT2D eigenvalue weighted by Gasteiger charge is -2.42. The Morgan fingerprint density at radius 2 is 2.27 bits per heavy atom. The first kappa shape index (κ1) is 16.6. The maximum absolute atomic E-state index is 12.0. The van der Waals surface area contributed by atoms with Gasteiger partial charge in [0.2, 0.25) is 0 Å². The quantitative estimate of drug-likeness (QED) is 0.665. The fraction of sp³-hybridized carbons (Fsp3) is 0.389. The molecule has 1 aromatic carbocycles. The molecule has 2 aromatic rings. The number of aromatic nitrogens is 2. The van der Waals surface area contributed by atoms with E-state index in [1.165, 1.54) is 6.20 Å². The molecule has 0 spiro atoms. The minimum atomic E-state index is -0.253. The summed E-state index contributed by atoms with van der Waals surface area (Å²) in [6, 6.07) is 7.59. The van der Waals surface area contributed by atoms with E-state index in [9.17, 15) is 9.59 Å². The molecule has 4 N–H and O–H groups in total. The first-order valence-corrected chi connectivity index (χ1v) is 8.76. The Bertz CT molecular complexity index is 792. The molecule has 2 aliphatic heterocycles. The van der Waals surface area contributed by atoms with Gasteiger partial charge in [-0.15, -0.1) is 0 Å². The van der Waals surface area contributed by atoms with Crippen molar-refractivity contribution in [2.45, 2.75) is 31.7 Å². The number of ether oxygens (including phenoxy) is 1. The highest BCUT2D eigenvalue weighted by Crippen LogP contribution is 2.34. The fourth-order valence-corrected chi connectivity index (χ4v) is 3.60. The number of rotatable bonds is 4. The summed E-state index contributed by atoms with van der Waals surface area (Å²) in [5.41, 5.74) is 1.98. The highest BCUT2D eigenvalue weighted by atomic mass is 16.5. The Hall–Kier alpha value is -2.87. The van der Waals surface area contributed by atoms with Crippen molar-refractivity contribution in [1.29, 1.82) is 0 Å². The van der Waals surface area contributed by atoms with Crippen LogP contribution in [-0.4, -0.2) is 34.7 Å². The van der Waals surface area contributed by atoms with Crippen LogP contribution in [0.15, 0.2) is 36.7 Å². The molecule has 1 aromatic heterocycles. The number of aromatic amines is 1. The first-order chi connectivity index (χ1) is 12.7. The van der Waals surface area contributed by atoms with Crippen molar-refractivity contribution in [2.75, 3.05) is 6.61 Å². The Balaban J connectivity index is 1.48. The van der Waals surface area contributed by atoms with Gasteiger partial charge in [-0.05, 0) is 24.0 Å². The Morgan fingerprint density at radius 3 is 3.12 bits per heavy atom. The van der Waals surface area contributed by atoms with Gasteiger partial charge in [0.25, 0.3) is 5.91 Å². The lowest BCUT2D eigenvalue weighted by molar-refractivity contribution is -0.0602. The van der Waals surface area contributed by atoms with E-state index in [4.69, 9.17) is 4.74 Å². The summed E-state index contributed by atoms with van der Waals surface area (Å²) >= 11 is 0. The zero-order valence-electron chi connectivity index (χ0n) is 14.2. The molecule has 0 bridgehead atoms. The van der Waals surface area contributed by atoms with Crippen molar-refractivity contribution < 1.29 is 14.3 Å². The van der Waals surface area contributed by atoms with Crippen molar-refractivity contribution in [3.63, 3.8) is 0 Å². The van der Waals surface area contributed by atoms with Gasteiger partial charge in [0, 0.05) is 31.5 Å². The highest BCUT2D eigenvalue weighted by Gasteiger charge is 2.39. The van der Waals surface area contributed by atoms with Crippen LogP contribution in [0, 0.1) is 5.92 Å². The van der Waals surface area contributed by atoms with Crippen molar-refractivity contribution >= 4 is 11.9 Å². The number of urea groups is 1. The molecule has 3 atom stereocenters. The van der Waals surface area contributed by atoms with E-state index in [1.54, 1.807) is 6.20 Å².